The monoisotopic (exact) mass is 248 g/mol. The fraction of sp³-hybridized carbons (Fsp3) is 0.214. The molecule has 1 atom stereocenters. The normalized spacial score (nSPS) is 12.4. The second-order valence-electron chi connectivity index (χ2n) is 4.10. The first-order valence-corrected chi connectivity index (χ1v) is 5.67. The molecule has 2 aromatic rings. The molecule has 0 aliphatic heterocycles. The van der Waals surface area contributed by atoms with Crippen LogP contribution in [-0.4, -0.2) is 12.0 Å². The smallest absolute Gasteiger partial charge is 0.159 e. The van der Waals surface area contributed by atoms with Gasteiger partial charge in [-0.15, -0.1) is 0 Å². The van der Waals surface area contributed by atoms with Crippen molar-refractivity contribution in [3.05, 3.63) is 65.0 Å². The van der Waals surface area contributed by atoms with Gasteiger partial charge in [-0.3, -0.25) is 4.98 Å². The maximum Gasteiger partial charge on any atom is 0.159 e. The average Bonchev–Trinajstić information content (AvgIpc) is 2.35. The van der Waals surface area contributed by atoms with Gasteiger partial charge in [0.05, 0.1) is 11.7 Å². The lowest BCUT2D eigenvalue weighted by Crippen LogP contribution is -2.19. The number of nitrogens with zero attached hydrogens (tertiary/aromatic N) is 1. The minimum Gasteiger partial charge on any atom is -0.308 e. The van der Waals surface area contributed by atoms with Crippen molar-refractivity contribution in [1.82, 2.24) is 10.3 Å². The van der Waals surface area contributed by atoms with Crippen molar-refractivity contribution in [2.45, 2.75) is 13.0 Å². The van der Waals surface area contributed by atoms with Crippen molar-refractivity contribution in [3.63, 3.8) is 0 Å². The van der Waals surface area contributed by atoms with E-state index in [2.05, 4.69) is 10.3 Å². The topological polar surface area (TPSA) is 24.9 Å². The summed E-state index contributed by atoms with van der Waals surface area (Å²) in [6.45, 7) is 1.89. The lowest BCUT2D eigenvalue weighted by Gasteiger charge is -2.16. The summed E-state index contributed by atoms with van der Waals surface area (Å²) in [7, 11) is 1.76. The number of rotatable bonds is 3. The van der Waals surface area contributed by atoms with Gasteiger partial charge >= 0.3 is 0 Å². The van der Waals surface area contributed by atoms with Crippen molar-refractivity contribution in [2.75, 3.05) is 7.05 Å². The van der Waals surface area contributed by atoms with Crippen LogP contribution < -0.4 is 5.32 Å². The summed E-state index contributed by atoms with van der Waals surface area (Å²) in [5.74, 6) is -1.69. The van der Waals surface area contributed by atoms with Crippen LogP contribution in [0.1, 0.15) is 23.0 Å². The molecule has 0 amide bonds. The van der Waals surface area contributed by atoms with Crippen molar-refractivity contribution in [3.8, 4) is 0 Å². The highest BCUT2D eigenvalue weighted by Gasteiger charge is 2.15. The van der Waals surface area contributed by atoms with Gasteiger partial charge in [0.15, 0.2) is 11.6 Å². The highest BCUT2D eigenvalue weighted by Crippen LogP contribution is 2.22. The lowest BCUT2D eigenvalue weighted by molar-refractivity contribution is 0.504. The van der Waals surface area contributed by atoms with Crippen molar-refractivity contribution in [2.24, 2.45) is 0 Å². The first kappa shape index (κ1) is 12.6. The molecule has 1 unspecified atom stereocenters. The Balaban J connectivity index is 2.42. The SMILES string of the molecule is CNC(c1ccc(F)c(F)c1)c1cccc(C)n1. The van der Waals surface area contributed by atoms with Gasteiger partial charge in [-0.2, -0.15) is 0 Å². The number of nitrogens with one attached hydrogen (secondary N) is 1. The summed E-state index contributed by atoms with van der Waals surface area (Å²) in [6, 6.07) is 9.27. The van der Waals surface area contributed by atoms with E-state index < -0.39 is 11.6 Å². The number of pyridine rings is 1. The van der Waals surface area contributed by atoms with E-state index in [4.69, 9.17) is 0 Å². The standard InChI is InChI=1S/C14H14F2N2/c1-9-4-3-5-13(18-9)14(17-2)10-6-7-11(15)12(16)8-10/h3-8,14,17H,1-2H3. The molecule has 2 nitrogen and oxygen atoms in total. The fourth-order valence-corrected chi connectivity index (χ4v) is 1.90. The molecule has 0 bridgehead atoms. The largest absolute Gasteiger partial charge is 0.308 e. The van der Waals surface area contributed by atoms with Crippen LogP contribution in [0.3, 0.4) is 0 Å². The molecule has 18 heavy (non-hydrogen) atoms. The van der Waals surface area contributed by atoms with Crippen LogP contribution in [-0.2, 0) is 0 Å². The van der Waals surface area contributed by atoms with Crippen LogP contribution in [0.25, 0.3) is 0 Å². The van der Waals surface area contributed by atoms with Gasteiger partial charge < -0.3 is 5.32 Å². The van der Waals surface area contributed by atoms with Gasteiger partial charge in [0.1, 0.15) is 0 Å². The molecule has 0 saturated carbocycles. The number of hydrogen-bond acceptors (Lipinski definition) is 2. The first-order chi connectivity index (χ1) is 8.61. The third-order valence-electron chi connectivity index (χ3n) is 2.77. The molecule has 0 fully saturated rings. The van der Waals surface area contributed by atoms with E-state index in [0.29, 0.717) is 5.56 Å². The molecule has 0 aliphatic carbocycles. The van der Waals surface area contributed by atoms with E-state index in [1.807, 2.05) is 25.1 Å². The van der Waals surface area contributed by atoms with E-state index in [1.165, 1.54) is 6.07 Å². The maximum atomic E-state index is 13.2. The minimum atomic E-state index is -0.847. The molecule has 0 radical (unpaired) electrons. The Hall–Kier alpha value is -1.81. The summed E-state index contributed by atoms with van der Waals surface area (Å²) in [5, 5.41) is 3.06. The molecule has 0 spiro atoms. The molecule has 1 heterocycles. The Morgan fingerprint density at radius 2 is 1.89 bits per heavy atom. The van der Waals surface area contributed by atoms with E-state index in [0.717, 1.165) is 17.5 Å². The molecule has 1 N–H and O–H groups in total. The Kier molecular flexibility index (Phi) is 3.67. The number of aryl methyl sites for hydroxylation is 1. The maximum absolute atomic E-state index is 13.2. The summed E-state index contributed by atoms with van der Waals surface area (Å²) in [5.41, 5.74) is 2.31. The summed E-state index contributed by atoms with van der Waals surface area (Å²) in [6.07, 6.45) is 0. The fourth-order valence-electron chi connectivity index (χ4n) is 1.90. The van der Waals surface area contributed by atoms with Crippen LogP contribution >= 0.6 is 0 Å². The number of aromatic nitrogens is 1. The zero-order chi connectivity index (χ0) is 13.1. The third kappa shape index (κ3) is 2.54. The summed E-state index contributed by atoms with van der Waals surface area (Å²) >= 11 is 0. The van der Waals surface area contributed by atoms with Gasteiger partial charge in [-0.05, 0) is 43.8 Å². The Bertz CT molecular complexity index is 555. The summed E-state index contributed by atoms with van der Waals surface area (Å²) in [4.78, 5) is 4.39. The minimum absolute atomic E-state index is 0.250. The lowest BCUT2D eigenvalue weighted by atomic mass is 10.0. The van der Waals surface area contributed by atoms with E-state index in [1.54, 1.807) is 13.1 Å². The molecular formula is C14H14F2N2. The van der Waals surface area contributed by atoms with Gasteiger partial charge in [0.2, 0.25) is 0 Å². The molecule has 2 rings (SSSR count). The highest BCUT2D eigenvalue weighted by molar-refractivity contribution is 5.29. The highest BCUT2D eigenvalue weighted by atomic mass is 19.2. The Morgan fingerprint density at radius 3 is 2.50 bits per heavy atom. The Morgan fingerprint density at radius 1 is 1.11 bits per heavy atom. The van der Waals surface area contributed by atoms with Crippen LogP contribution in [0.4, 0.5) is 8.78 Å². The van der Waals surface area contributed by atoms with Crippen LogP contribution in [0.15, 0.2) is 36.4 Å². The number of benzene rings is 1. The van der Waals surface area contributed by atoms with Crippen LogP contribution in [0.2, 0.25) is 0 Å². The van der Waals surface area contributed by atoms with Crippen LogP contribution in [0, 0.1) is 18.6 Å². The quantitative estimate of drug-likeness (QED) is 0.903. The van der Waals surface area contributed by atoms with Crippen LogP contribution in [0.5, 0.6) is 0 Å². The molecule has 1 aromatic carbocycles. The van der Waals surface area contributed by atoms with Gasteiger partial charge in [0, 0.05) is 5.69 Å². The molecule has 1 aromatic heterocycles. The summed E-state index contributed by atoms with van der Waals surface area (Å²) < 4.78 is 26.2. The van der Waals surface area contributed by atoms with Crippen molar-refractivity contribution in [1.29, 1.82) is 0 Å². The second-order valence-corrected chi connectivity index (χ2v) is 4.10. The number of hydrogen-bond donors (Lipinski definition) is 1. The van der Waals surface area contributed by atoms with E-state index in [9.17, 15) is 8.78 Å². The predicted octanol–water partition coefficient (Wildman–Crippen LogP) is 2.98. The second kappa shape index (κ2) is 5.23. The average molecular weight is 248 g/mol. The Labute approximate surface area is 105 Å². The third-order valence-corrected chi connectivity index (χ3v) is 2.77. The zero-order valence-corrected chi connectivity index (χ0v) is 10.2. The molecule has 94 valence electrons. The molecule has 4 heteroatoms. The van der Waals surface area contributed by atoms with Gasteiger partial charge in [-0.1, -0.05) is 12.1 Å². The van der Waals surface area contributed by atoms with Gasteiger partial charge in [-0.25, -0.2) is 8.78 Å². The van der Waals surface area contributed by atoms with Crippen molar-refractivity contribution < 1.29 is 8.78 Å². The van der Waals surface area contributed by atoms with Gasteiger partial charge in [0.25, 0.3) is 0 Å². The molecular weight excluding hydrogens is 234 g/mol. The zero-order valence-electron chi connectivity index (χ0n) is 10.2. The first-order valence-electron chi connectivity index (χ1n) is 5.67. The van der Waals surface area contributed by atoms with E-state index >= 15 is 0 Å². The predicted molar refractivity (Wildman–Crippen MR) is 66.2 cm³/mol. The number of halogens is 2. The van der Waals surface area contributed by atoms with E-state index in [-0.39, 0.29) is 6.04 Å². The van der Waals surface area contributed by atoms with Crippen molar-refractivity contribution >= 4 is 0 Å². The molecule has 0 aliphatic rings. The molecule has 0 saturated heterocycles.